The van der Waals surface area contributed by atoms with E-state index in [4.69, 9.17) is 14.4 Å². The van der Waals surface area contributed by atoms with E-state index in [1.807, 2.05) is 24.3 Å². The van der Waals surface area contributed by atoms with E-state index in [1.165, 1.54) is 60.7 Å². The molecule has 2 aliphatic carbocycles. The van der Waals surface area contributed by atoms with Gasteiger partial charge in [-0.3, -0.25) is 0 Å². The summed E-state index contributed by atoms with van der Waals surface area (Å²) in [6, 6.07) is 61.0. The van der Waals surface area contributed by atoms with Gasteiger partial charge in [-0.15, -0.1) is 0 Å². The summed E-state index contributed by atoms with van der Waals surface area (Å²) in [7, 11) is 0. The van der Waals surface area contributed by atoms with Crippen LogP contribution in [0, 0.1) is 0 Å². The lowest BCUT2D eigenvalue weighted by atomic mass is 9.89. The van der Waals surface area contributed by atoms with Crippen molar-refractivity contribution in [2.75, 3.05) is 0 Å². The lowest BCUT2D eigenvalue weighted by Crippen LogP contribution is -2.03. The van der Waals surface area contributed by atoms with Crippen LogP contribution in [0.15, 0.2) is 186 Å². The van der Waals surface area contributed by atoms with Gasteiger partial charge in [0, 0.05) is 60.9 Å². The van der Waals surface area contributed by atoms with Crippen molar-refractivity contribution in [3.05, 3.63) is 205 Å². The third-order valence-electron chi connectivity index (χ3n) is 13.8. The molecule has 2 unspecified atom stereocenters. The Balaban J connectivity index is 0.967. The zero-order valence-corrected chi connectivity index (χ0v) is 36.2. The van der Waals surface area contributed by atoms with E-state index in [9.17, 15) is 0 Å². The van der Waals surface area contributed by atoms with Crippen molar-refractivity contribution in [3.8, 4) is 56.4 Å². The first-order valence-electron chi connectivity index (χ1n) is 22.8. The highest BCUT2D eigenvalue weighted by Crippen LogP contribution is 2.45. The number of fused-ring (bicyclic) bond motifs is 9. The molecule has 65 heavy (non-hydrogen) atoms. The van der Waals surface area contributed by atoms with Crippen molar-refractivity contribution >= 4 is 55.8 Å². The van der Waals surface area contributed by atoms with Crippen LogP contribution in [0.1, 0.15) is 61.1 Å². The maximum absolute atomic E-state index is 6.36. The Kier molecular flexibility index (Phi) is 8.54. The topological polar surface area (TPSA) is 48.8 Å². The second-order valence-electron chi connectivity index (χ2n) is 17.8. The van der Waals surface area contributed by atoms with Crippen LogP contribution in [-0.4, -0.2) is 19.1 Å². The second-order valence-corrected chi connectivity index (χ2v) is 17.8. The van der Waals surface area contributed by atoms with Crippen LogP contribution in [0.25, 0.3) is 112 Å². The fourth-order valence-electron chi connectivity index (χ4n) is 10.8. The first-order chi connectivity index (χ1) is 32.1. The molecule has 0 amide bonds. The van der Waals surface area contributed by atoms with E-state index in [1.54, 1.807) is 0 Å². The van der Waals surface area contributed by atoms with Gasteiger partial charge in [-0.05, 0) is 114 Å². The smallest absolute Gasteiger partial charge is 0.160 e. The van der Waals surface area contributed by atoms with Gasteiger partial charge in [-0.1, -0.05) is 135 Å². The summed E-state index contributed by atoms with van der Waals surface area (Å²) in [6.07, 6.45) is 11.1. The number of para-hydroxylation sites is 1. The molecule has 0 saturated carbocycles. The third-order valence-corrected chi connectivity index (χ3v) is 13.8. The highest BCUT2D eigenvalue weighted by atomic mass is 16.3. The molecule has 0 spiro atoms. The minimum absolute atomic E-state index is 0.386. The molecule has 7 aromatic carbocycles. The summed E-state index contributed by atoms with van der Waals surface area (Å²) < 4.78 is 11.3. The van der Waals surface area contributed by atoms with Gasteiger partial charge in [0.25, 0.3) is 0 Å². The number of allylic oxidation sites excluding steroid dienone is 2. The highest BCUT2D eigenvalue weighted by Gasteiger charge is 2.26. The second kappa shape index (κ2) is 14.8. The molecule has 0 N–H and O–H groups in total. The standard InChI is InChI=1S/C60H44N4O/c1-37-15-11-26-53-57(37)47-34-41(29-31-52(47)64(53)44-30-32-55-48(35-44)58-38(2)16-12-28-56(58)65-55)45-24-14-27-54-59(45)46-23-9-10-25-51(46)63(54)43-22-13-21-42(33-43)50-36-49(39-17-5-3-6-18-39)61-60(62-50)40-19-7-4-8-20-40/h3-14,17-38H,15-16H2,1-2H3. The zero-order valence-electron chi connectivity index (χ0n) is 36.2. The first-order valence-corrected chi connectivity index (χ1v) is 22.8. The van der Waals surface area contributed by atoms with Crippen LogP contribution < -0.4 is 0 Å². The molecule has 0 aliphatic heterocycles. The molecular formula is C60H44N4O. The minimum Gasteiger partial charge on any atom is -0.456 e. The molecular weight excluding hydrogens is 793 g/mol. The van der Waals surface area contributed by atoms with E-state index < -0.39 is 0 Å². The van der Waals surface area contributed by atoms with Crippen molar-refractivity contribution in [1.82, 2.24) is 19.1 Å². The monoisotopic (exact) mass is 836 g/mol. The number of aromatic nitrogens is 4. The van der Waals surface area contributed by atoms with E-state index in [0.717, 1.165) is 69.0 Å². The molecule has 0 saturated heterocycles. The number of benzene rings is 7. The number of hydrogen-bond donors (Lipinski definition) is 0. The van der Waals surface area contributed by atoms with Crippen molar-refractivity contribution < 1.29 is 4.42 Å². The molecule has 5 heteroatoms. The predicted octanol–water partition coefficient (Wildman–Crippen LogP) is 16.0. The Morgan fingerprint density at radius 2 is 1.15 bits per heavy atom. The molecule has 0 radical (unpaired) electrons. The third kappa shape index (κ3) is 5.99. The van der Waals surface area contributed by atoms with Crippen LogP contribution in [0.5, 0.6) is 0 Å². The lowest BCUT2D eigenvalue weighted by molar-refractivity contribution is 0.586. The van der Waals surface area contributed by atoms with Gasteiger partial charge in [0.1, 0.15) is 11.3 Å². The molecule has 11 aromatic rings. The van der Waals surface area contributed by atoms with Crippen LogP contribution in [0.3, 0.4) is 0 Å². The Morgan fingerprint density at radius 3 is 2.00 bits per heavy atom. The Labute approximate surface area is 377 Å². The van der Waals surface area contributed by atoms with Crippen LogP contribution in [0.2, 0.25) is 0 Å². The predicted molar refractivity (Wildman–Crippen MR) is 269 cm³/mol. The van der Waals surface area contributed by atoms with Crippen molar-refractivity contribution in [2.24, 2.45) is 0 Å². The molecule has 0 bridgehead atoms. The van der Waals surface area contributed by atoms with Gasteiger partial charge in [-0.2, -0.15) is 0 Å². The quantitative estimate of drug-likeness (QED) is 0.168. The number of rotatable bonds is 6. The molecule has 13 rings (SSSR count). The molecule has 4 aromatic heterocycles. The fourth-order valence-corrected chi connectivity index (χ4v) is 10.8. The van der Waals surface area contributed by atoms with Crippen molar-refractivity contribution in [2.45, 2.75) is 38.5 Å². The summed E-state index contributed by atoms with van der Waals surface area (Å²) in [4.78, 5) is 10.2. The Hall–Kier alpha value is -8.02. The molecule has 2 aliphatic rings. The average Bonchev–Trinajstić information content (AvgIpc) is 4.03. The normalized spacial score (nSPS) is 15.6. The zero-order chi connectivity index (χ0) is 43.2. The summed E-state index contributed by atoms with van der Waals surface area (Å²) in [6.45, 7) is 4.68. The van der Waals surface area contributed by atoms with Crippen molar-refractivity contribution in [1.29, 1.82) is 0 Å². The van der Waals surface area contributed by atoms with E-state index in [2.05, 4.69) is 193 Å². The Bertz CT molecular complexity index is 3690. The van der Waals surface area contributed by atoms with Crippen LogP contribution in [-0.2, 0) is 0 Å². The molecule has 310 valence electrons. The van der Waals surface area contributed by atoms with Gasteiger partial charge >= 0.3 is 0 Å². The van der Waals surface area contributed by atoms with E-state index in [-0.39, 0.29) is 0 Å². The van der Waals surface area contributed by atoms with E-state index >= 15 is 0 Å². The van der Waals surface area contributed by atoms with Gasteiger partial charge in [0.15, 0.2) is 5.82 Å². The summed E-state index contributed by atoms with van der Waals surface area (Å²) in [5.41, 5.74) is 18.0. The maximum atomic E-state index is 6.36. The largest absolute Gasteiger partial charge is 0.456 e. The summed E-state index contributed by atoms with van der Waals surface area (Å²) in [5.74, 6) is 2.51. The summed E-state index contributed by atoms with van der Waals surface area (Å²) in [5, 5.41) is 4.99. The molecule has 2 atom stereocenters. The maximum Gasteiger partial charge on any atom is 0.160 e. The number of nitrogens with zero attached hydrogens (tertiary/aromatic N) is 4. The highest BCUT2D eigenvalue weighted by molar-refractivity contribution is 6.16. The van der Waals surface area contributed by atoms with Gasteiger partial charge in [-0.25, -0.2) is 9.97 Å². The van der Waals surface area contributed by atoms with Gasteiger partial charge < -0.3 is 13.6 Å². The average molecular weight is 837 g/mol. The van der Waals surface area contributed by atoms with Crippen LogP contribution in [0.4, 0.5) is 0 Å². The lowest BCUT2D eigenvalue weighted by Gasteiger charge is -2.17. The SMILES string of the molecule is CC1CC=Cc2oc3ccc(-n4c5c(c6cc(-c7cccc8c7c7ccccc7n8-c7cccc(-c8cc(-c9ccccc9)nc(-c9ccccc9)n8)c7)ccc64)C(C)CC=C5)cc3c21. The number of hydrogen-bond acceptors (Lipinski definition) is 3. The fraction of sp³-hybridized carbons (Fsp3) is 0.100. The van der Waals surface area contributed by atoms with Crippen molar-refractivity contribution in [3.63, 3.8) is 0 Å². The van der Waals surface area contributed by atoms with E-state index in [0.29, 0.717) is 17.7 Å². The minimum atomic E-state index is 0.386. The molecule has 4 heterocycles. The summed E-state index contributed by atoms with van der Waals surface area (Å²) >= 11 is 0. The van der Waals surface area contributed by atoms with Crippen LogP contribution >= 0.6 is 0 Å². The Morgan fingerprint density at radius 1 is 0.477 bits per heavy atom. The molecule has 0 fully saturated rings. The molecule has 5 nitrogen and oxygen atoms in total. The first kappa shape index (κ1) is 37.5. The van der Waals surface area contributed by atoms with Gasteiger partial charge in [0.05, 0.1) is 27.9 Å². The number of furan rings is 1. The van der Waals surface area contributed by atoms with Gasteiger partial charge in [0.2, 0.25) is 0 Å².